The molecule has 6 nitrogen and oxygen atoms in total. The zero-order valence-electron chi connectivity index (χ0n) is 13.4. The number of halogens is 3. The van der Waals surface area contributed by atoms with Crippen LogP contribution in [0.4, 0.5) is 13.2 Å². The van der Waals surface area contributed by atoms with E-state index in [9.17, 15) is 18.0 Å². The average molecular weight is 354 g/mol. The molecule has 25 heavy (non-hydrogen) atoms. The maximum atomic E-state index is 12.6. The molecule has 0 spiro atoms. The highest BCUT2D eigenvalue weighted by molar-refractivity contribution is 6.05. The van der Waals surface area contributed by atoms with Gasteiger partial charge in [0.15, 0.2) is 5.69 Å². The van der Waals surface area contributed by atoms with Gasteiger partial charge in [-0.25, -0.2) is 0 Å². The number of aromatic nitrogens is 2. The zero-order valence-corrected chi connectivity index (χ0v) is 13.4. The highest BCUT2D eigenvalue weighted by Gasteiger charge is 2.43. The second-order valence-electron chi connectivity index (χ2n) is 6.73. The molecule has 2 aromatic rings. The molecule has 134 valence electrons. The van der Waals surface area contributed by atoms with Crippen molar-refractivity contribution in [1.29, 1.82) is 0 Å². The van der Waals surface area contributed by atoms with Crippen LogP contribution in [0, 0.1) is 5.92 Å². The molecular formula is C16H17F3N4O2. The van der Waals surface area contributed by atoms with Gasteiger partial charge in [0.1, 0.15) is 5.75 Å². The Morgan fingerprint density at radius 1 is 1.40 bits per heavy atom. The van der Waals surface area contributed by atoms with Gasteiger partial charge in [-0.3, -0.25) is 9.89 Å². The molecule has 1 amide bonds. The minimum Gasteiger partial charge on any atom is -0.406 e. The standard InChI is InChI=1S/C16H17F3N4O2/c1-23-7-8-4-9(23)5-13(8)20-15(24)14-11-6-10(25-16(17,18)19)2-3-12(11)21-22-14/h2-3,6,8-9,13H,4-5,7H2,1H3,(H,20,24)(H,21,22)/t8-,9?,13+/m0/s1. The first-order chi connectivity index (χ1) is 11.8. The topological polar surface area (TPSA) is 70.2 Å². The van der Waals surface area contributed by atoms with Crippen LogP contribution in [0.3, 0.4) is 0 Å². The molecule has 1 saturated carbocycles. The highest BCUT2D eigenvalue weighted by Crippen LogP contribution is 2.37. The van der Waals surface area contributed by atoms with Crippen molar-refractivity contribution in [2.75, 3.05) is 13.6 Å². The number of rotatable bonds is 3. The molecule has 4 rings (SSSR count). The van der Waals surface area contributed by atoms with Crippen LogP contribution in [0.15, 0.2) is 18.2 Å². The summed E-state index contributed by atoms with van der Waals surface area (Å²) >= 11 is 0. The molecule has 1 unspecified atom stereocenters. The number of ether oxygens (including phenoxy) is 1. The minimum absolute atomic E-state index is 0.0788. The van der Waals surface area contributed by atoms with Gasteiger partial charge in [-0.1, -0.05) is 0 Å². The predicted octanol–water partition coefficient (Wildman–Crippen LogP) is 2.28. The Morgan fingerprint density at radius 2 is 2.20 bits per heavy atom. The van der Waals surface area contributed by atoms with Gasteiger partial charge in [-0.15, -0.1) is 13.2 Å². The molecule has 2 N–H and O–H groups in total. The molecule has 3 atom stereocenters. The number of hydrogen-bond donors (Lipinski definition) is 2. The molecule has 2 heterocycles. The minimum atomic E-state index is -4.78. The van der Waals surface area contributed by atoms with E-state index in [0.717, 1.165) is 19.4 Å². The summed E-state index contributed by atoms with van der Waals surface area (Å²) in [4.78, 5) is 14.8. The molecule has 2 bridgehead atoms. The number of hydrogen-bond acceptors (Lipinski definition) is 4. The van der Waals surface area contributed by atoms with Crippen molar-refractivity contribution >= 4 is 16.8 Å². The number of nitrogens with one attached hydrogen (secondary N) is 2. The molecule has 1 aliphatic heterocycles. The van der Waals surface area contributed by atoms with Crippen molar-refractivity contribution in [3.05, 3.63) is 23.9 Å². The zero-order chi connectivity index (χ0) is 17.8. The van der Waals surface area contributed by atoms with Crippen LogP contribution >= 0.6 is 0 Å². The van der Waals surface area contributed by atoms with Crippen molar-refractivity contribution in [2.45, 2.75) is 31.3 Å². The molecule has 2 aliphatic rings. The Morgan fingerprint density at radius 3 is 2.84 bits per heavy atom. The van der Waals surface area contributed by atoms with Crippen LogP contribution < -0.4 is 10.1 Å². The normalized spacial score (nSPS) is 26.3. The second-order valence-corrected chi connectivity index (χ2v) is 6.73. The number of piperidine rings is 1. The van der Waals surface area contributed by atoms with Crippen LogP contribution in [-0.4, -0.2) is 53.0 Å². The largest absolute Gasteiger partial charge is 0.573 e. The van der Waals surface area contributed by atoms with Crippen LogP contribution in [-0.2, 0) is 0 Å². The van der Waals surface area contributed by atoms with Gasteiger partial charge in [0.25, 0.3) is 5.91 Å². The van der Waals surface area contributed by atoms with E-state index in [0.29, 0.717) is 22.9 Å². The van der Waals surface area contributed by atoms with Crippen molar-refractivity contribution in [3.63, 3.8) is 0 Å². The average Bonchev–Trinajstić information content (AvgIpc) is 3.18. The van der Waals surface area contributed by atoms with Crippen LogP contribution in [0.5, 0.6) is 5.75 Å². The Bertz CT molecular complexity index is 817. The lowest BCUT2D eigenvalue weighted by atomic mass is 10.0. The smallest absolute Gasteiger partial charge is 0.406 e. The summed E-state index contributed by atoms with van der Waals surface area (Å²) in [6.45, 7) is 0.945. The fourth-order valence-corrected chi connectivity index (χ4v) is 3.95. The third kappa shape index (κ3) is 3.04. The molecule has 1 aromatic carbocycles. The summed E-state index contributed by atoms with van der Waals surface area (Å²) in [6.07, 6.45) is -2.83. The highest BCUT2D eigenvalue weighted by atomic mass is 19.4. The summed E-state index contributed by atoms with van der Waals surface area (Å²) in [7, 11) is 2.08. The molecule has 0 radical (unpaired) electrons. The summed E-state index contributed by atoms with van der Waals surface area (Å²) in [6, 6.07) is 4.33. The van der Waals surface area contributed by atoms with E-state index in [4.69, 9.17) is 0 Å². The summed E-state index contributed by atoms with van der Waals surface area (Å²) in [5.74, 6) is -0.346. The van der Waals surface area contributed by atoms with E-state index in [1.165, 1.54) is 18.2 Å². The Hall–Kier alpha value is -2.29. The van der Waals surface area contributed by atoms with E-state index >= 15 is 0 Å². The predicted molar refractivity (Wildman–Crippen MR) is 83.2 cm³/mol. The van der Waals surface area contributed by atoms with E-state index in [-0.39, 0.29) is 23.4 Å². The van der Waals surface area contributed by atoms with Crippen molar-refractivity contribution in [3.8, 4) is 5.75 Å². The van der Waals surface area contributed by atoms with Gasteiger partial charge in [0, 0.05) is 24.0 Å². The number of carbonyl (C=O) groups is 1. The Kier molecular flexibility index (Phi) is 3.64. The molecule has 9 heteroatoms. The first-order valence-corrected chi connectivity index (χ1v) is 8.05. The number of fused-ring (bicyclic) bond motifs is 3. The number of amides is 1. The number of likely N-dealkylation sites (tertiary alicyclic amines) is 1. The van der Waals surface area contributed by atoms with E-state index in [1.807, 2.05) is 0 Å². The number of benzene rings is 1. The monoisotopic (exact) mass is 354 g/mol. The number of alkyl halides is 3. The van der Waals surface area contributed by atoms with Crippen molar-refractivity contribution in [1.82, 2.24) is 20.4 Å². The van der Waals surface area contributed by atoms with Crippen LogP contribution in [0.1, 0.15) is 23.3 Å². The molecule has 1 aromatic heterocycles. The summed E-state index contributed by atoms with van der Waals surface area (Å²) in [5.41, 5.74) is 0.561. The van der Waals surface area contributed by atoms with E-state index < -0.39 is 6.36 Å². The molecule has 1 aliphatic carbocycles. The quantitative estimate of drug-likeness (QED) is 0.887. The lowest BCUT2D eigenvalue weighted by Gasteiger charge is -2.28. The fourth-order valence-electron chi connectivity index (χ4n) is 3.95. The van der Waals surface area contributed by atoms with Crippen molar-refractivity contribution in [2.24, 2.45) is 5.92 Å². The third-order valence-corrected chi connectivity index (χ3v) is 5.12. The van der Waals surface area contributed by atoms with Crippen LogP contribution in [0.25, 0.3) is 10.9 Å². The van der Waals surface area contributed by atoms with Gasteiger partial charge in [-0.2, -0.15) is 5.10 Å². The SMILES string of the molecule is CN1C[C@@H]2CC1C[C@H]2NC(=O)c1n[nH]c2ccc(OC(F)(F)F)cc12. The first-order valence-electron chi connectivity index (χ1n) is 8.05. The maximum absolute atomic E-state index is 12.6. The van der Waals surface area contributed by atoms with E-state index in [2.05, 4.69) is 32.2 Å². The van der Waals surface area contributed by atoms with Gasteiger partial charge in [0.05, 0.1) is 5.52 Å². The molecular weight excluding hydrogens is 337 g/mol. The van der Waals surface area contributed by atoms with Gasteiger partial charge in [-0.05, 0) is 44.0 Å². The molecule has 1 saturated heterocycles. The van der Waals surface area contributed by atoms with Gasteiger partial charge in [0.2, 0.25) is 0 Å². The number of carbonyl (C=O) groups excluding carboxylic acids is 1. The summed E-state index contributed by atoms with van der Waals surface area (Å²) in [5, 5.41) is 9.92. The Balaban J connectivity index is 1.54. The van der Waals surface area contributed by atoms with E-state index in [1.54, 1.807) is 0 Å². The summed E-state index contributed by atoms with van der Waals surface area (Å²) < 4.78 is 41.1. The number of nitrogens with zero attached hydrogens (tertiary/aromatic N) is 2. The number of H-pyrrole nitrogens is 1. The van der Waals surface area contributed by atoms with Gasteiger partial charge >= 0.3 is 6.36 Å². The van der Waals surface area contributed by atoms with Gasteiger partial charge < -0.3 is 15.0 Å². The number of aromatic amines is 1. The Labute approximate surface area is 141 Å². The maximum Gasteiger partial charge on any atom is 0.573 e. The lowest BCUT2D eigenvalue weighted by Crippen LogP contribution is -2.44. The van der Waals surface area contributed by atoms with Crippen molar-refractivity contribution < 1.29 is 22.7 Å². The molecule has 2 fully saturated rings. The lowest BCUT2D eigenvalue weighted by molar-refractivity contribution is -0.274. The van der Waals surface area contributed by atoms with Crippen LogP contribution in [0.2, 0.25) is 0 Å². The second kappa shape index (κ2) is 5.62. The third-order valence-electron chi connectivity index (χ3n) is 5.12. The first kappa shape index (κ1) is 16.2. The fraction of sp³-hybridized carbons (Fsp3) is 0.500.